The number of hydrogen-bond donors (Lipinski definition) is 3. The van der Waals surface area contributed by atoms with Crippen molar-refractivity contribution in [3.63, 3.8) is 0 Å². The number of imide groups is 1. The number of ether oxygens (including phenoxy) is 6. The molecule has 19 nitrogen and oxygen atoms in total. The summed E-state index contributed by atoms with van der Waals surface area (Å²) in [6, 6.07) is -0.852. The average molecular weight is 901 g/mol. The first kappa shape index (κ1) is 56.8. The molecule has 0 aliphatic carbocycles. The van der Waals surface area contributed by atoms with Crippen LogP contribution in [-0.2, 0) is 71.6 Å². The predicted octanol–water partition coefficient (Wildman–Crippen LogP) is 3.91. The molecular formula is C44H76N4O15. The largest absolute Gasteiger partial charge is 0.460 e. The van der Waals surface area contributed by atoms with Crippen LogP contribution in [0.1, 0.15) is 151 Å². The summed E-state index contributed by atoms with van der Waals surface area (Å²) < 4.78 is 32.0. The number of esters is 2. The van der Waals surface area contributed by atoms with Crippen LogP contribution in [-0.4, -0.2) is 136 Å². The monoisotopic (exact) mass is 901 g/mol. The Balaban J connectivity index is 2.07. The van der Waals surface area contributed by atoms with Crippen LogP contribution in [0.15, 0.2) is 0 Å². The van der Waals surface area contributed by atoms with Crippen molar-refractivity contribution in [2.45, 2.75) is 168 Å². The quantitative estimate of drug-likeness (QED) is 0.0459. The van der Waals surface area contributed by atoms with Gasteiger partial charge >= 0.3 is 17.9 Å². The molecule has 1 fully saturated rings. The Kier molecular flexibility index (Phi) is 30.1. The lowest BCUT2D eigenvalue weighted by molar-refractivity contribution is -0.200. The van der Waals surface area contributed by atoms with Crippen LogP contribution in [0, 0.1) is 0 Å². The molecule has 63 heavy (non-hydrogen) atoms. The standard InChI is InChI=1S/C44H76N4O15/c1-43(2,3)61-40(54)21-16-14-12-10-8-7-9-11-13-15-19-36(50)47-34(42(56)62-44(4,5)6)18-17-20-35(49)45-24-26-57-28-30-59-32-37(51)46-25-27-58-29-31-60-33-41(55)63-48-38(52)22-23-39(48)53/h34H,7-33H2,1-6H3,(H,45,49)(H,46,51)(H,47,50)/t34-/m0/s1. The van der Waals surface area contributed by atoms with Gasteiger partial charge in [0.25, 0.3) is 11.8 Å². The summed E-state index contributed by atoms with van der Waals surface area (Å²) in [4.78, 5) is 101. The van der Waals surface area contributed by atoms with Gasteiger partial charge in [-0.1, -0.05) is 51.4 Å². The van der Waals surface area contributed by atoms with Crippen LogP contribution in [0.4, 0.5) is 0 Å². The van der Waals surface area contributed by atoms with Crippen LogP contribution in [0.25, 0.3) is 0 Å². The minimum Gasteiger partial charge on any atom is -0.460 e. The van der Waals surface area contributed by atoms with Crippen molar-refractivity contribution in [2.75, 3.05) is 65.9 Å². The van der Waals surface area contributed by atoms with E-state index in [1.165, 1.54) is 0 Å². The minimum absolute atomic E-state index is 0.00511. The number of carbonyl (C=O) groups is 8. The van der Waals surface area contributed by atoms with Crippen LogP contribution < -0.4 is 16.0 Å². The van der Waals surface area contributed by atoms with Crippen molar-refractivity contribution in [2.24, 2.45) is 0 Å². The first-order valence-electron chi connectivity index (χ1n) is 22.5. The number of hydroxylamine groups is 2. The molecule has 1 rings (SSSR count). The van der Waals surface area contributed by atoms with Crippen molar-refractivity contribution in [1.29, 1.82) is 0 Å². The molecule has 0 radical (unpaired) electrons. The van der Waals surface area contributed by atoms with Crippen LogP contribution in [0.3, 0.4) is 0 Å². The van der Waals surface area contributed by atoms with Crippen molar-refractivity contribution >= 4 is 47.4 Å². The number of rotatable bonds is 36. The molecule has 362 valence electrons. The summed E-state index contributed by atoms with van der Waals surface area (Å²) in [6.45, 7) is 11.8. The van der Waals surface area contributed by atoms with Gasteiger partial charge in [0.05, 0.1) is 39.6 Å². The lowest BCUT2D eigenvalue weighted by atomic mass is 10.0. The van der Waals surface area contributed by atoms with E-state index in [1.54, 1.807) is 20.8 Å². The van der Waals surface area contributed by atoms with Crippen molar-refractivity contribution in [1.82, 2.24) is 21.0 Å². The molecule has 0 aromatic heterocycles. The molecular weight excluding hydrogens is 824 g/mol. The van der Waals surface area contributed by atoms with E-state index in [0.717, 1.165) is 64.2 Å². The van der Waals surface area contributed by atoms with E-state index in [1.807, 2.05) is 20.8 Å². The molecule has 5 amide bonds. The Morgan fingerprint density at radius 1 is 0.524 bits per heavy atom. The highest BCUT2D eigenvalue weighted by Crippen LogP contribution is 2.16. The third-order valence-corrected chi connectivity index (χ3v) is 8.91. The Bertz CT molecular complexity index is 1380. The molecule has 3 N–H and O–H groups in total. The highest BCUT2D eigenvalue weighted by atomic mass is 16.7. The second-order valence-electron chi connectivity index (χ2n) is 17.2. The van der Waals surface area contributed by atoms with Gasteiger partial charge in [0.15, 0.2) is 0 Å². The highest BCUT2D eigenvalue weighted by molar-refractivity contribution is 6.01. The Labute approximate surface area is 373 Å². The molecule has 19 heteroatoms. The number of amides is 5. The summed E-state index contributed by atoms with van der Waals surface area (Å²) in [7, 11) is 0. The first-order chi connectivity index (χ1) is 29.9. The summed E-state index contributed by atoms with van der Waals surface area (Å²) in [6.07, 6.45) is 11.8. The maximum absolute atomic E-state index is 12.9. The molecule has 1 heterocycles. The molecule has 0 bridgehead atoms. The Morgan fingerprint density at radius 2 is 0.984 bits per heavy atom. The van der Waals surface area contributed by atoms with Gasteiger partial charge in [0.2, 0.25) is 17.7 Å². The van der Waals surface area contributed by atoms with Gasteiger partial charge in [0.1, 0.15) is 30.5 Å². The number of nitrogens with zero attached hydrogens (tertiary/aromatic N) is 1. The third-order valence-electron chi connectivity index (χ3n) is 8.91. The molecule has 1 atom stereocenters. The maximum atomic E-state index is 12.9. The Hall–Kier alpha value is -4.20. The fraction of sp³-hybridized carbons (Fsp3) is 0.818. The summed E-state index contributed by atoms with van der Waals surface area (Å²) in [5, 5.41) is 8.65. The van der Waals surface area contributed by atoms with Gasteiger partial charge in [-0.3, -0.25) is 28.8 Å². The molecule has 0 saturated carbocycles. The topological polar surface area (TPSA) is 240 Å². The molecule has 0 aromatic rings. The van der Waals surface area contributed by atoms with Crippen molar-refractivity contribution < 1.29 is 71.6 Å². The number of carbonyl (C=O) groups excluding carboxylic acids is 8. The van der Waals surface area contributed by atoms with Gasteiger partial charge < -0.3 is 49.2 Å². The number of unbranched alkanes of at least 4 members (excludes halogenated alkanes) is 9. The minimum atomic E-state index is -0.875. The fourth-order valence-corrected chi connectivity index (χ4v) is 5.93. The SMILES string of the molecule is CC(C)(C)OC(=O)CCCCCCCCCCCCC(=O)N[C@@H](CCCC(=O)NCCOCCOCC(=O)NCCOCCOCC(=O)ON1C(=O)CCC1=O)C(=O)OC(C)(C)C. The molecule has 0 aromatic carbocycles. The van der Waals surface area contributed by atoms with E-state index in [0.29, 0.717) is 24.3 Å². The van der Waals surface area contributed by atoms with E-state index in [4.69, 9.17) is 28.4 Å². The van der Waals surface area contributed by atoms with Crippen LogP contribution in [0.2, 0.25) is 0 Å². The van der Waals surface area contributed by atoms with Crippen molar-refractivity contribution in [3.8, 4) is 0 Å². The smallest absolute Gasteiger partial charge is 0.358 e. The van der Waals surface area contributed by atoms with E-state index in [2.05, 4.69) is 20.8 Å². The Morgan fingerprint density at radius 3 is 1.52 bits per heavy atom. The van der Waals surface area contributed by atoms with Gasteiger partial charge in [0, 0.05) is 45.2 Å². The fourth-order valence-electron chi connectivity index (χ4n) is 5.93. The number of hydrogen-bond acceptors (Lipinski definition) is 15. The van der Waals surface area contributed by atoms with E-state index >= 15 is 0 Å². The summed E-state index contributed by atoms with van der Waals surface area (Å²) in [5.74, 6) is -3.46. The zero-order valence-corrected chi connectivity index (χ0v) is 38.7. The first-order valence-corrected chi connectivity index (χ1v) is 22.5. The molecule has 1 aliphatic rings. The zero-order valence-electron chi connectivity index (χ0n) is 38.7. The summed E-state index contributed by atoms with van der Waals surface area (Å²) >= 11 is 0. The van der Waals surface area contributed by atoms with E-state index in [-0.39, 0.29) is 109 Å². The molecule has 1 aliphatic heterocycles. The number of nitrogens with one attached hydrogen (secondary N) is 3. The molecule has 1 saturated heterocycles. The van der Waals surface area contributed by atoms with Crippen LogP contribution >= 0.6 is 0 Å². The zero-order chi connectivity index (χ0) is 46.9. The van der Waals surface area contributed by atoms with Gasteiger partial charge in [-0.25, -0.2) is 9.59 Å². The lowest BCUT2D eigenvalue weighted by Crippen LogP contribution is -2.44. The van der Waals surface area contributed by atoms with E-state index < -0.39 is 47.6 Å². The van der Waals surface area contributed by atoms with E-state index in [9.17, 15) is 38.4 Å². The predicted molar refractivity (Wildman–Crippen MR) is 229 cm³/mol. The second-order valence-corrected chi connectivity index (χ2v) is 17.2. The normalized spacial score (nSPS) is 13.4. The van der Waals surface area contributed by atoms with Gasteiger partial charge in [-0.2, -0.15) is 0 Å². The van der Waals surface area contributed by atoms with Crippen LogP contribution in [0.5, 0.6) is 0 Å². The van der Waals surface area contributed by atoms with Gasteiger partial charge in [-0.05, 0) is 67.2 Å². The second kappa shape index (κ2) is 33.3. The molecule has 0 unspecified atom stereocenters. The highest BCUT2D eigenvalue weighted by Gasteiger charge is 2.33. The average Bonchev–Trinajstić information content (AvgIpc) is 3.50. The maximum Gasteiger partial charge on any atom is 0.358 e. The molecule has 0 spiro atoms. The van der Waals surface area contributed by atoms with Crippen molar-refractivity contribution in [3.05, 3.63) is 0 Å². The third kappa shape index (κ3) is 33.0. The summed E-state index contributed by atoms with van der Waals surface area (Å²) in [5.41, 5.74) is -1.16. The lowest BCUT2D eigenvalue weighted by Gasteiger charge is -2.24. The van der Waals surface area contributed by atoms with Gasteiger partial charge in [-0.15, -0.1) is 5.06 Å².